The molecule has 1 saturated heterocycles. The predicted octanol–water partition coefficient (Wildman–Crippen LogP) is 3.72. The van der Waals surface area contributed by atoms with Crippen molar-refractivity contribution >= 4 is 34.8 Å². The van der Waals surface area contributed by atoms with Crippen molar-refractivity contribution in [1.82, 2.24) is 0 Å². The molecule has 1 nitrogen and oxygen atoms in total. The van der Waals surface area contributed by atoms with E-state index in [0.29, 0.717) is 21.7 Å². The summed E-state index contributed by atoms with van der Waals surface area (Å²) < 4.78 is 5.08. The van der Waals surface area contributed by atoms with Crippen LogP contribution < -0.4 is 0 Å². The second kappa shape index (κ2) is 3.08. The molecule has 0 saturated carbocycles. The Bertz CT molecular complexity index is 297. The zero-order chi connectivity index (χ0) is 8.72. The Morgan fingerprint density at radius 1 is 1.17 bits per heavy atom. The Morgan fingerprint density at radius 3 is 2.08 bits per heavy atom. The molecule has 0 aromatic heterocycles. The maximum absolute atomic E-state index is 5.92. The van der Waals surface area contributed by atoms with Gasteiger partial charge in [-0.1, -0.05) is 34.8 Å². The highest BCUT2D eigenvalue weighted by Crippen LogP contribution is 2.40. The Morgan fingerprint density at radius 2 is 1.67 bits per heavy atom. The molecular weight excluding hydrogens is 218 g/mol. The molecule has 1 fully saturated rings. The maximum atomic E-state index is 5.92. The standard InChI is InChI=1S/C8H5Cl3O/c9-4-1-5(10)8(6(11)2-4)7-3-12-7/h1-2,7H,3H2/t7-/m0/s1. The largest absolute Gasteiger partial charge is 0.368 e. The minimum Gasteiger partial charge on any atom is -0.368 e. The van der Waals surface area contributed by atoms with Gasteiger partial charge in [-0.05, 0) is 12.1 Å². The van der Waals surface area contributed by atoms with Crippen LogP contribution in [-0.2, 0) is 4.74 Å². The molecule has 1 atom stereocenters. The summed E-state index contributed by atoms with van der Waals surface area (Å²) in [6.07, 6.45) is 0.0715. The molecule has 1 aromatic carbocycles. The van der Waals surface area contributed by atoms with E-state index in [9.17, 15) is 0 Å². The first-order valence-electron chi connectivity index (χ1n) is 3.44. The quantitative estimate of drug-likeness (QED) is 0.661. The van der Waals surface area contributed by atoms with Crippen LogP contribution in [0.5, 0.6) is 0 Å². The van der Waals surface area contributed by atoms with Gasteiger partial charge in [-0.15, -0.1) is 0 Å². The van der Waals surface area contributed by atoms with Gasteiger partial charge in [-0.25, -0.2) is 0 Å². The third-order valence-corrected chi connectivity index (χ3v) is 2.54. The van der Waals surface area contributed by atoms with Crippen LogP contribution in [0, 0.1) is 0 Å². The van der Waals surface area contributed by atoms with Crippen molar-refractivity contribution in [3.05, 3.63) is 32.8 Å². The molecule has 1 aliphatic rings. The van der Waals surface area contributed by atoms with E-state index in [-0.39, 0.29) is 6.10 Å². The first-order chi connectivity index (χ1) is 5.68. The van der Waals surface area contributed by atoms with Gasteiger partial charge in [0.25, 0.3) is 0 Å². The van der Waals surface area contributed by atoms with Gasteiger partial charge >= 0.3 is 0 Å². The SMILES string of the molecule is Clc1cc(Cl)c([C@@H]2CO2)c(Cl)c1. The van der Waals surface area contributed by atoms with E-state index in [1.807, 2.05) is 0 Å². The fourth-order valence-corrected chi connectivity index (χ4v) is 2.14. The summed E-state index contributed by atoms with van der Waals surface area (Å²) in [5.41, 5.74) is 0.850. The van der Waals surface area contributed by atoms with Gasteiger partial charge in [0.05, 0.1) is 6.61 Å². The molecule has 2 rings (SSSR count). The van der Waals surface area contributed by atoms with Crippen LogP contribution in [-0.4, -0.2) is 6.61 Å². The fourth-order valence-electron chi connectivity index (χ4n) is 1.08. The van der Waals surface area contributed by atoms with Gasteiger partial charge in [0.1, 0.15) is 6.10 Å². The third kappa shape index (κ3) is 1.55. The van der Waals surface area contributed by atoms with Gasteiger partial charge < -0.3 is 4.74 Å². The molecular formula is C8H5Cl3O. The molecule has 1 heterocycles. The molecule has 0 spiro atoms. The molecule has 1 aromatic rings. The lowest BCUT2D eigenvalue weighted by atomic mass is 10.2. The van der Waals surface area contributed by atoms with Crippen LogP contribution in [0.2, 0.25) is 15.1 Å². The normalized spacial score (nSPS) is 21.1. The molecule has 12 heavy (non-hydrogen) atoms. The van der Waals surface area contributed by atoms with Crippen molar-refractivity contribution in [2.75, 3.05) is 6.61 Å². The minimum atomic E-state index is 0.0715. The van der Waals surface area contributed by atoms with Gasteiger partial charge in [0, 0.05) is 20.6 Å². The zero-order valence-electron chi connectivity index (χ0n) is 5.98. The van der Waals surface area contributed by atoms with E-state index in [2.05, 4.69) is 0 Å². The average molecular weight is 223 g/mol. The van der Waals surface area contributed by atoms with Crippen molar-refractivity contribution in [3.8, 4) is 0 Å². The highest BCUT2D eigenvalue weighted by Gasteiger charge is 2.29. The van der Waals surface area contributed by atoms with Crippen LogP contribution >= 0.6 is 34.8 Å². The second-order valence-electron chi connectivity index (χ2n) is 2.61. The van der Waals surface area contributed by atoms with E-state index < -0.39 is 0 Å². The Kier molecular flexibility index (Phi) is 2.21. The van der Waals surface area contributed by atoms with Crippen LogP contribution in [0.3, 0.4) is 0 Å². The summed E-state index contributed by atoms with van der Waals surface area (Å²) in [6.45, 7) is 0.696. The van der Waals surface area contributed by atoms with Gasteiger partial charge in [-0.3, -0.25) is 0 Å². The molecule has 0 bridgehead atoms. The smallest absolute Gasteiger partial charge is 0.109 e. The average Bonchev–Trinajstić information content (AvgIpc) is 2.68. The monoisotopic (exact) mass is 222 g/mol. The highest BCUT2D eigenvalue weighted by atomic mass is 35.5. The van der Waals surface area contributed by atoms with Crippen LogP contribution in [0.15, 0.2) is 12.1 Å². The Labute approximate surface area is 85.2 Å². The Hall–Kier alpha value is 0.0500. The summed E-state index contributed by atoms with van der Waals surface area (Å²) in [4.78, 5) is 0. The fraction of sp³-hybridized carbons (Fsp3) is 0.250. The number of hydrogen-bond acceptors (Lipinski definition) is 1. The number of ether oxygens (including phenoxy) is 1. The molecule has 0 aliphatic carbocycles. The third-order valence-electron chi connectivity index (χ3n) is 1.70. The molecule has 64 valence electrons. The lowest BCUT2D eigenvalue weighted by molar-refractivity contribution is 0.416. The lowest BCUT2D eigenvalue weighted by Gasteiger charge is -2.03. The second-order valence-corrected chi connectivity index (χ2v) is 3.86. The molecule has 1 aliphatic heterocycles. The number of epoxide rings is 1. The number of benzene rings is 1. The van der Waals surface area contributed by atoms with E-state index in [0.717, 1.165) is 5.56 Å². The van der Waals surface area contributed by atoms with Crippen molar-refractivity contribution in [1.29, 1.82) is 0 Å². The van der Waals surface area contributed by atoms with Crippen LogP contribution in [0.1, 0.15) is 11.7 Å². The molecule has 0 N–H and O–H groups in total. The van der Waals surface area contributed by atoms with Crippen molar-refractivity contribution in [3.63, 3.8) is 0 Å². The number of halogens is 3. The van der Waals surface area contributed by atoms with Gasteiger partial charge in [0.2, 0.25) is 0 Å². The van der Waals surface area contributed by atoms with Crippen molar-refractivity contribution in [2.24, 2.45) is 0 Å². The van der Waals surface area contributed by atoms with Crippen molar-refractivity contribution < 1.29 is 4.74 Å². The molecule has 0 radical (unpaired) electrons. The van der Waals surface area contributed by atoms with Crippen molar-refractivity contribution in [2.45, 2.75) is 6.10 Å². The van der Waals surface area contributed by atoms with Crippen LogP contribution in [0.25, 0.3) is 0 Å². The maximum Gasteiger partial charge on any atom is 0.109 e. The van der Waals surface area contributed by atoms with E-state index in [1.165, 1.54) is 0 Å². The van der Waals surface area contributed by atoms with E-state index in [4.69, 9.17) is 39.5 Å². The first kappa shape index (κ1) is 8.64. The first-order valence-corrected chi connectivity index (χ1v) is 4.58. The van der Waals surface area contributed by atoms with Crippen LogP contribution in [0.4, 0.5) is 0 Å². The summed E-state index contributed by atoms with van der Waals surface area (Å²) >= 11 is 17.6. The lowest BCUT2D eigenvalue weighted by Crippen LogP contribution is -1.84. The molecule has 4 heteroatoms. The highest BCUT2D eigenvalue weighted by molar-refractivity contribution is 6.39. The molecule has 0 unspecified atom stereocenters. The molecule has 0 amide bonds. The van der Waals surface area contributed by atoms with Gasteiger partial charge in [0.15, 0.2) is 0 Å². The summed E-state index contributed by atoms with van der Waals surface area (Å²) in [5, 5.41) is 1.71. The summed E-state index contributed by atoms with van der Waals surface area (Å²) in [5.74, 6) is 0. The zero-order valence-corrected chi connectivity index (χ0v) is 8.25. The number of rotatable bonds is 1. The number of hydrogen-bond donors (Lipinski definition) is 0. The predicted molar refractivity (Wildman–Crippen MR) is 50.2 cm³/mol. The summed E-state index contributed by atoms with van der Waals surface area (Å²) in [6, 6.07) is 3.35. The Balaban J connectivity index is 2.51. The minimum absolute atomic E-state index is 0.0715. The summed E-state index contributed by atoms with van der Waals surface area (Å²) in [7, 11) is 0. The topological polar surface area (TPSA) is 12.5 Å². The van der Waals surface area contributed by atoms with E-state index in [1.54, 1.807) is 12.1 Å². The van der Waals surface area contributed by atoms with E-state index >= 15 is 0 Å². The van der Waals surface area contributed by atoms with Gasteiger partial charge in [-0.2, -0.15) is 0 Å².